The number of esters is 2. The zero-order valence-electron chi connectivity index (χ0n) is 45.3. The van der Waals surface area contributed by atoms with Crippen molar-refractivity contribution in [2.45, 2.75) is 301 Å². The maximum Gasteiger partial charge on any atom is 0.472 e. The van der Waals surface area contributed by atoms with E-state index in [0.29, 0.717) is 12.8 Å². The van der Waals surface area contributed by atoms with E-state index in [1.165, 1.54) is 193 Å². The van der Waals surface area contributed by atoms with Crippen LogP contribution in [-0.2, 0) is 37.4 Å². The number of carbonyl (C=O) groups excluding carboxylic acids is 2. The number of phosphoric ester groups is 1. The first kappa shape index (κ1) is 65.7. The van der Waals surface area contributed by atoms with Crippen molar-refractivity contribution in [3.8, 4) is 0 Å². The van der Waals surface area contributed by atoms with Gasteiger partial charge in [-0.25, -0.2) is 9.36 Å². The largest absolute Gasteiger partial charge is 0.472 e. The summed E-state index contributed by atoms with van der Waals surface area (Å²) in [6.45, 7) is 2.80. The van der Waals surface area contributed by atoms with Crippen LogP contribution in [0.2, 0.25) is 0 Å². The molecule has 0 bridgehead atoms. The Hall–Kier alpha value is -2.39. The summed E-state index contributed by atoms with van der Waals surface area (Å²) in [6, 6.07) is 1.04. The second kappa shape index (κ2) is 43.8. The molecule has 1 saturated heterocycles. The van der Waals surface area contributed by atoms with Crippen LogP contribution in [-0.4, -0.2) is 80.8 Å². The number of unbranched alkanes of at least 4 members (excludes halogenated alkanes) is 36. The lowest BCUT2D eigenvalue weighted by Crippen LogP contribution is -2.37. The van der Waals surface area contributed by atoms with E-state index >= 15 is 0 Å². The van der Waals surface area contributed by atoms with Crippen LogP contribution >= 0.6 is 7.82 Å². The molecule has 1 aromatic rings. The molecule has 420 valence electrons. The first-order chi connectivity index (χ1) is 35.0. The average molecular weight is 1040 g/mol. The number of rotatable bonds is 50. The molecular formula is C56H103N2O13P. The number of phosphoric acid groups is 1. The van der Waals surface area contributed by atoms with Gasteiger partial charge in [0, 0.05) is 25.1 Å². The highest BCUT2D eigenvalue weighted by atomic mass is 31.2. The minimum atomic E-state index is -4.87. The van der Waals surface area contributed by atoms with Gasteiger partial charge in [0.05, 0.1) is 13.2 Å². The summed E-state index contributed by atoms with van der Waals surface area (Å²) >= 11 is 0. The Morgan fingerprint density at radius 3 is 1.33 bits per heavy atom. The lowest BCUT2D eigenvalue weighted by atomic mass is 10.0. The predicted molar refractivity (Wildman–Crippen MR) is 286 cm³/mol. The minimum Gasteiger partial charge on any atom is -0.462 e. The molecule has 0 spiro atoms. The van der Waals surface area contributed by atoms with Crippen molar-refractivity contribution in [2.24, 2.45) is 0 Å². The van der Waals surface area contributed by atoms with Crippen LogP contribution in [0.3, 0.4) is 0 Å². The second-order valence-electron chi connectivity index (χ2n) is 20.6. The molecule has 0 amide bonds. The Kier molecular flexibility index (Phi) is 40.0. The number of hydrogen-bond donors (Lipinski definition) is 4. The molecule has 1 fully saturated rings. The van der Waals surface area contributed by atoms with E-state index in [1.54, 1.807) is 0 Å². The van der Waals surface area contributed by atoms with Crippen molar-refractivity contribution in [1.29, 1.82) is 0 Å². The molecule has 16 heteroatoms. The zero-order chi connectivity index (χ0) is 52.3. The highest BCUT2D eigenvalue weighted by molar-refractivity contribution is 7.47. The molecule has 6 atom stereocenters. The number of nitrogens with one attached hydrogen (secondary N) is 1. The van der Waals surface area contributed by atoms with Crippen molar-refractivity contribution in [1.82, 2.24) is 9.55 Å². The lowest BCUT2D eigenvalue weighted by Gasteiger charge is -2.21. The SMILES string of the molecule is CCCCCCCCCCCCCCCCCCCCCC(=O)OC[C@H](COP(=O)(O)OC[C@H]1O[C@@H](n2ccc(=O)[nH]c2=O)[C@@H](O)C1O)OC(=O)CCCCCCCCCCCCCCCCCCCCC. The molecule has 1 aliphatic rings. The standard InChI is InChI=1S/C56H103N2O13P/c1-3-5-7-9-11-13-15-17-19-21-23-25-27-29-31-33-35-37-39-41-51(60)67-45-48(46-68-72(65,66)69-47-49-53(62)54(63)55(71-49)58-44-43-50(59)57-56(58)64)70-52(61)42-40-38-36-34-32-30-28-26-24-22-20-18-16-14-12-10-8-6-4-2/h43-44,48-49,53-55,62-63H,3-42,45-47H2,1-2H3,(H,65,66)(H,57,59,64)/t48-,49-,53?,54+,55-/m1/s1. The minimum absolute atomic E-state index is 0.134. The summed E-state index contributed by atoms with van der Waals surface area (Å²) < 4.78 is 40.6. The van der Waals surface area contributed by atoms with E-state index < -0.39 is 74.9 Å². The van der Waals surface area contributed by atoms with E-state index in [1.807, 2.05) is 4.98 Å². The smallest absolute Gasteiger partial charge is 0.462 e. The number of H-pyrrole nitrogens is 1. The number of carbonyl (C=O) groups is 2. The number of aromatic nitrogens is 2. The summed E-state index contributed by atoms with van der Waals surface area (Å²) in [7, 11) is -4.87. The number of aromatic amines is 1. The summed E-state index contributed by atoms with van der Waals surface area (Å²) in [6.07, 6.45) is 41.6. The molecule has 0 saturated carbocycles. The Bertz CT molecular complexity index is 1640. The van der Waals surface area contributed by atoms with Gasteiger partial charge in [-0.05, 0) is 12.8 Å². The topological polar surface area (TPSA) is 213 Å². The highest BCUT2D eigenvalue weighted by Crippen LogP contribution is 2.44. The normalized spacial score (nSPS) is 18.1. The monoisotopic (exact) mass is 1040 g/mol. The molecule has 2 heterocycles. The van der Waals surface area contributed by atoms with Crippen LogP contribution in [0.1, 0.15) is 277 Å². The first-order valence-corrected chi connectivity index (χ1v) is 30.8. The van der Waals surface area contributed by atoms with E-state index in [9.17, 15) is 38.8 Å². The van der Waals surface area contributed by atoms with Gasteiger partial charge in [0.15, 0.2) is 12.3 Å². The van der Waals surface area contributed by atoms with Gasteiger partial charge < -0.3 is 29.3 Å². The summed E-state index contributed by atoms with van der Waals surface area (Å²) in [5.41, 5.74) is -1.56. The van der Waals surface area contributed by atoms with Gasteiger partial charge in [0.25, 0.3) is 5.56 Å². The van der Waals surface area contributed by atoms with E-state index in [2.05, 4.69) is 13.8 Å². The van der Waals surface area contributed by atoms with Crippen LogP contribution in [0.4, 0.5) is 0 Å². The summed E-state index contributed by atoms with van der Waals surface area (Å²) in [5.74, 6) is -1.01. The van der Waals surface area contributed by atoms with E-state index in [0.717, 1.165) is 55.4 Å². The molecule has 2 unspecified atom stereocenters. The molecular weight excluding hydrogens is 940 g/mol. The van der Waals surface area contributed by atoms with Crippen LogP contribution in [0.15, 0.2) is 21.9 Å². The quantitative estimate of drug-likeness (QED) is 0.0272. The molecule has 0 radical (unpaired) electrons. The molecule has 1 aliphatic heterocycles. The molecule has 1 aromatic heterocycles. The molecule has 2 rings (SSSR count). The van der Waals surface area contributed by atoms with E-state index in [4.69, 9.17) is 23.3 Å². The molecule has 72 heavy (non-hydrogen) atoms. The maximum atomic E-state index is 13.0. The molecule has 0 aliphatic carbocycles. The number of nitrogens with zero attached hydrogens (tertiary/aromatic N) is 1. The fourth-order valence-corrected chi connectivity index (χ4v) is 10.2. The Labute approximate surface area is 434 Å². The molecule has 4 N–H and O–H groups in total. The fraction of sp³-hybridized carbons (Fsp3) is 0.893. The lowest BCUT2D eigenvalue weighted by molar-refractivity contribution is -0.161. The van der Waals surface area contributed by atoms with Crippen molar-refractivity contribution in [3.63, 3.8) is 0 Å². The van der Waals surface area contributed by atoms with Crippen LogP contribution in [0, 0.1) is 0 Å². The predicted octanol–water partition coefficient (Wildman–Crippen LogP) is 13.4. The van der Waals surface area contributed by atoms with Crippen molar-refractivity contribution in [2.75, 3.05) is 19.8 Å². The Morgan fingerprint density at radius 2 is 0.944 bits per heavy atom. The Balaban J connectivity index is 1.67. The molecule has 15 nitrogen and oxygen atoms in total. The third kappa shape index (κ3) is 34.2. The van der Waals surface area contributed by atoms with Gasteiger partial charge in [0.2, 0.25) is 0 Å². The van der Waals surface area contributed by atoms with Gasteiger partial charge in [-0.3, -0.25) is 33.0 Å². The number of aliphatic hydroxyl groups is 2. The van der Waals surface area contributed by atoms with Crippen molar-refractivity contribution < 1.29 is 52.5 Å². The number of aliphatic hydroxyl groups excluding tert-OH is 2. The van der Waals surface area contributed by atoms with E-state index in [-0.39, 0.29) is 19.4 Å². The summed E-state index contributed by atoms with van der Waals surface area (Å²) in [5, 5.41) is 21.1. The van der Waals surface area contributed by atoms with Gasteiger partial charge in [-0.15, -0.1) is 0 Å². The third-order valence-electron chi connectivity index (χ3n) is 14.0. The Morgan fingerprint density at radius 1 is 0.569 bits per heavy atom. The zero-order valence-corrected chi connectivity index (χ0v) is 46.2. The maximum absolute atomic E-state index is 13.0. The van der Waals surface area contributed by atoms with Gasteiger partial charge in [-0.1, -0.05) is 245 Å². The van der Waals surface area contributed by atoms with Crippen LogP contribution in [0.25, 0.3) is 0 Å². The third-order valence-corrected chi connectivity index (χ3v) is 14.9. The van der Waals surface area contributed by atoms with Gasteiger partial charge in [0.1, 0.15) is 24.9 Å². The summed E-state index contributed by atoms with van der Waals surface area (Å²) in [4.78, 5) is 61.9. The number of hydrogen-bond acceptors (Lipinski definition) is 12. The van der Waals surface area contributed by atoms with Crippen molar-refractivity contribution >= 4 is 19.8 Å². The van der Waals surface area contributed by atoms with Crippen LogP contribution < -0.4 is 11.2 Å². The number of ether oxygens (including phenoxy) is 3. The fourth-order valence-electron chi connectivity index (χ4n) is 9.42. The van der Waals surface area contributed by atoms with Crippen LogP contribution in [0.5, 0.6) is 0 Å². The molecule has 0 aromatic carbocycles. The highest BCUT2D eigenvalue weighted by Gasteiger charge is 2.45. The average Bonchev–Trinajstić information content (AvgIpc) is 3.64. The van der Waals surface area contributed by atoms with Crippen molar-refractivity contribution in [3.05, 3.63) is 33.1 Å². The second-order valence-corrected chi connectivity index (χ2v) is 22.1. The van der Waals surface area contributed by atoms with Gasteiger partial charge >= 0.3 is 25.5 Å². The first-order valence-electron chi connectivity index (χ1n) is 29.3. The van der Waals surface area contributed by atoms with Gasteiger partial charge in [-0.2, -0.15) is 0 Å².